The molecule has 3 heteroatoms. The summed E-state index contributed by atoms with van der Waals surface area (Å²) in [6.07, 6.45) is 1.23. The predicted octanol–water partition coefficient (Wildman–Crippen LogP) is 1.09. The SMILES string of the molecule is CCCSC1=NCCN1. The van der Waals surface area contributed by atoms with Crippen molar-refractivity contribution in [1.29, 1.82) is 0 Å². The highest BCUT2D eigenvalue weighted by atomic mass is 32.2. The van der Waals surface area contributed by atoms with Crippen molar-refractivity contribution >= 4 is 16.9 Å². The van der Waals surface area contributed by atoms with Crippen LogP contribution >= 0.6 is 11.8 Å². The molecule has 0 aliphatic carbocycles. The number of nitrogens with zero attached hydrogens (tertiary/aromatic N) is 1. The highest BCUT2D eigenvalue weighted by molar-refractivity contribution is 8.13. The summed E-state index contributed by atoms with van der Waals surface area (Å²) in [7, 11) is 0. The monoisotopic (exact) mass is 144 g/mol. The average molecular weight is 144 g/mol. The lowest BCUT2D eigenvalue weighted by Gasteiger charge is -1.97. The fourth-order valence-electron chi connectivity index (χ4n) is 0.672. The van der Waals surface area contributed by atoms with Crippen LogP contribution in [0.5, 0.6) is 0 Å². The lowest BCUT2D eigenvalue weighted by Crippen LogP contribution is -2.15. The van der Waals surface area contributed by atoms with Crippen LogP contribution in [0.4, 0.5) is 0 Å². The van der Waals surface area contributed by atoms with E-state index in [9.17, 15) is 0 Å². The maximum atomic E-state index is 4.24. The summed E-state index contributed by atoms with van der Waals surface area (Å²) in [6, 6.07) is 0. The van der Waals surface area contributed by atoms with E-state index in [1.54, 1.807) is 0 Å². The fraction of sp³-hybridized carbons (Fsp3) is 0.833. The van der Waals surface area contributed by atoms with Crippen LogP contribution in [0.2, 0.25) is 0 Å². The second-order valence-corrected chi connectivity index (χ2v) is 3.05. The standard InChI is InChI=1S/C6H12N2S/c1-2-5-9-6-7-3-4-8-6/h2-5H2,1H3,(H,7,8). The van der Waals surface area contributed by atoms with Gasteiger partial charge >= 0.3 is 0 Å². The van der Waals surface area contributed by atoms with Crippen molar-refractivity contribution < 1.29 is 0 Å². The van der Waals surface area contributed by atoms with Gasteiger partial charge in [-0.2, -0.15) is 0 Å². The highest BCUT2D eigenvalue weighted by Crippen LogP contribution is 2.05. The summed E-state index contributed by atoms with van der Waals surface area (Å²) >= 11 is 1.82. The van der Waals surface area contributed by atoms with Gasteiger partial charge in [-0.05, 0) is 6.42 Å². The maximum Gasteiger partial charge on any atom is 0.156 e. The van der Waals surface area contributed by atoms with Crippen LogP contribution in [0.15, 0.2) is 4.99 Å². The molecule has 0 atom stereocenters. The first kappa shape index (κ1) is 6.93. The van der Waals surface area contributed by atoms with Gasteiger partial charge in [-0.25, -0.2) is 0 Å². The molecule has 1 aliphatic rings. The van der Waals surface area contributed by atoms with E-state index >= 15 is 0 Å². The molecule has 9 heavy (non-hydrogen) atoms. The fourth-order valence-corrected chi connectivity index (χ4v) is 1.46. The minimum Gasteiger partial charge on any atom is -0.363 e. The summed E-state index contributed by atoms with van der Waals surface area (Å²) in [5.74, 6) is 1.19. The summed E-state index contributed by atoms with van der Waals surface area (Å²) in [5, 5.41) is 4.34. The van der Waals surface area contributed by atoms with Gasteiger partial charge in [0.05, 0.1) is 6.54 Å². The van der Waals surface area contributed by atoms with Gasteiger partial charge in [0.25, 0.3) is 0 Å². The minimum absolute atomic E-state index is 0.964. The first-order chi connectivity index (χ1) is 4.43. The van der Waals surface area contributed by atoms with Crippen molar-refractivity contribution in [2.24, 2.45) is 4.99 Å². The number of hydrogen-bond acceptors (Lipinski definition) is 3. The third-order valence-electron chi connectivity index (χ3n) is 1.09. The second kappa shape index (κ2) is 3.77. The zero-order valence-electron chi connectivity index (χ0n) is 5.68. The summed E-state index contributed by atoms with van der Waals surface area (Å²) in [4.78, 5) is 4.24. The molecule has 1 heterocycles. The van der Waals surface area contributed by atoms with Crippen molar-refractivity contribution in [3.8, 4) is 0 Å². The van der Waals surface area contributed by atoms with Gasteiger partial charge in [0, 0.05) is 12.3 Å². The minimum atomic E-state index is 0.964. The first-order valence-corrected chi connectivity index (χ1v) is 4.33. The Morgan fingerprint density at radius 2 is 2.67 bits per heavy atom. The van der Waals surface area contributed by atoms with Gasteiger partial charge in [-0.15, -0.1) is 0 Å². The average Bonchev–Trinajstić information content (AvgIpc) is 2.34. The van der Waals surface area contributed by atoms with Gasteiger partial charge in [0.1, 0.15) is 0 Å². The van der Waals surface area contributed by atoms with E-state index in [0.29, 0.717) is 0 Å². The van der Waals surface area contributed by atoms with E-state index in [-0.39, 0.29) is 0 Å². The van der Waals surface area contributed by atoms with Crippen LogP contribution in [0, 0.1) is 0 Å². The van der Waals surface area contributed by atoms with Gasteiger partial charge in [-0.1, -0.05) is 18.7 Å². The van der Waals surface area contributed by atoms with Crippen LogP contribution in [-0.2, 0) is 0 Å². The van der Waals surface area contributed by atoms with Crippen LogP contribution in [-0.4, -0.2) is 24.0 Å². The zero-order chi connectivity index (χ0) is 6.53. The molecule has 0 amide bonds. The Morgan fingerprint density at radius 1 is 1.78 bits per heavy atom. The van der Waals surface area contributed by atoms with Crippen LogP contribution < -0.4 is 5.32 Å². The first-order valence-electron chi connectivity index (χ1n) is 3.34. The number of amidine groups is 1. The molecule has 0 radical (unpaired) electrons. The van der Waals surface area contributed by atoms with Crippen molar-refractivity contribution in [2.45, 2.75) is 13.3 Å². The lowest BCUT2D eigenvalue weighted by molar-refractivity contribution is 0.963. The predicted molar refractivity (Wildman–Crippen MR) is 43.1 cm³/mol. The molecular weight excluding hydrogens is 132 g/mol. The van der Waals surface area contributed by atoms with Gasteiger partial charge in [0.15, 0.2) is 5.17 Å². The van der Waals surface area contributed by atoms with Crippen molar-refractivity contribution in [3.63, 3.8) is 0 Å². The van der Waals surface area contributed by atoms with E-state index in [4.69, 9.17) is 0 Å². The van der Waals surface area contributed by atoms with Gasteiger partial charge in [0.2, 0.25) is 0 Å². The molecule has 0 aromatic rings. The second-order valence-electron chi connectivity index (χ2n) is 1.96. The normalized spacial score (nSPS) is 17.2. The molecule has 0 aromatic heterocycles. The summed E-state index contributed by atoms with van der Waals surface area (Å²) < 4.78 is 0. The van der Waals surface area contributed by atoms with E-state index in [0.717, 1.165) is 18.3 Å². The molecular formula is C6H12N2S. The molecule has 0 saturated carbocycles. The number of thioether (sulfide) groups is 1. The molecule has 0 bridgehead atoms. The van der Waals surface area contributed by atoms with Crippen molar-refractivity contribution in [2.75, 3.05) is 18.8 Å². The molecule has 0 unspecified atom stereocenters. The molecule has 1 rings (SSSR count). The summed E-state index contributed by atoms with van der Waals surface area (Å²) in [5.41, 5.74) is 0. The largest absolute Gasteiger partial charge is 0.363 e. The summed E-state index contributed by atoms with van der Waals surface area (Å²) in [6.45, 7) is 4.18. The van der Waals surface area contributed by atoms with Crippen LogP contribution in [0.3, 0.4) is 0 Å². The third-order valence-corrected chi connectivity index (χ3v) is 2.25. The Bertz CT molecular complexity index is 112. The Balaban J connectivity index is 2.11. The van der Waals surface area contributed by atoms with Gasteiger partial charge in [-0.3, -0.25) is 4.99 Å². The lowest BCUT2D eigenvalue weighted by atomic mass is 10.6. The molecule has 52 valence electrons. The maximum absolute atomic E-state index is 4.24. The highest BCUT2D eigenvalue weighted by Gasteiger charge is 2.02. The number of nitrogens with one attached hydrogen (secondary N) is 1. The molecule has 2 nitrogen and oxygen atoms in total. The Labute approximate surface area is 60.1 Å². The van der Waals surface area contributed by atoms with E-state index in [1.807, 2.05) is 11.8 Å². The van der Waals surface area contributed by atoms with E-state index in [1.165, 1.54) is 12.2 Å². The number of rotatable bonds is 2. The molecule has 0 fully saturated rings. The van der Waals surface area contributed by atoms with Crippen molar-refractivity contribution in [1.82, 2.24) is 5.32 Å². The molecule has 1 N–H and O–H groups in total. The Morgan fingerprint density at radius 3 is 3.22 bits per heavy atom. The molecule has 0 aromatic carbocycles. The van der Waals surface area contributed by atoms with Crippen LogP contribution in [0.1, 0.15) is 13.3 Å². The quantitative estimate of drug-likeness (QED) is 0.627. The van der Waals surface area contributed by atoms with Crippen LogP contribution in [0.25, 0.3) is 0 Å². The smallest absolute Gasteiger partial charge is 0.156 e. The van der Waals surface area contributed by atoms with E-state index in [2.05, 4.69) is 17.2 Å². The van der Waals surface area contributed by atoms with Crippen molar-refractivity contribution in [3.05, 3.63) is 0 Å². The zero-order valence-corrected chi connectivity index (χ0v) is 6.50. The molecule has 0 spiro atoms. The molecule has 1 aliphatic heterocycles. The Kier molecular flexibility index (Phi) is 2.91. The third kappa shape index (κ3) is 2.26. The molecule has 0 saturated heterocycles. The van der Waals surface area contributed by atoms with E-state index < -0.39 is 0 Å². The van der Waals surface area contributed by atoms with Gasteiger partial charge < -0.3 is 5.32 Å². The number of hydrogen-bond donors (Lipinski definition) is 1. The topological polar surface area (TPSA) is 24.4 Å². The number of aliphatic imine (C=N–C) groups is 1. The Hall–Kier alpha value is -0.180.